The maximum Gasteiger partial charge on any atom is 0.271 e. The normalized spacial score (nSPS) is 16.3. The lowest BCUT2D eigenvalue weighted by molar-refractivity contribution is 0.0943. The summed E-state index contributed by atoms with van der Waals surface area (Å²) in [5.41, 5.74) is 0.381. The first-order valence-electron chi connectivity index (χ1n) is 7.67. The van der Waals surface area contributed by atoms with Crippen LogP contribution in [0.4, 0.5) is 5.82 Å². The van der Waals surface area contributed by atoms with Crippen molar-refractivity contribution in [3.8, 4) is 0 Å². The molecule has 6 heteroatoms. The summed E-state index contributed by atoms with van der Waals surface area (Å²) in [7, 11) is 0. The van der Waals surface area contributed by atoms with Crippen molar-refractivity contribution in [2.24, 2.45) is 5.92 Å². The number of nitrogens with zero attached hydrogens (tertiary/aromatic N) is 4. The van der Waals surface area contributed by atoms with Gasteiger partial charge in [0, 0.05) is 32.7 Å². The van der Waals surface area contributed by atoms with E-state index in [0.717, 1.165) is 38.5 Å². The van der Waals surface area contributed by atoms with Gasteiger partial charge in [0.1, 0.15) is 11.5 Å². The SMILES string of the molecule is CCN1CCN(c2cnc(C(=O)NCC(C)C)cn2)CC1. The van der Waals surface area contributed by atoms with Crippen LogP contribution < -0.4 is 10.2 Å². The monoisotopic (exact) mass is 291 g/mol. The van der Waals surface area contributed by atoms with Gasteiger partial charge in [-0.2, -0.15) is 0 Å². The van der Waals surface area contributed by atoms with Crippen LogP contribution >= 0.6 is 0 Å². The van der Waals surface area contributed by atoms with Crippen LogP contribution in [0.25, 0.3) is 0 Å². The van der Waals surface area contributed by atoms with E-state index in [-0.39, 0.29) is 5.91 Å². The Labute approximate surface area is 126 Å². The van der Waals surface area contributed by atoms with Crippen molar-refractivity contribution in [3.05, 3.63) is 18.1 Å². The van der Waals surface area contributed by atoms with Crippen molar-refractivity contribution >= 4 is 11.7 Å². The molecular weight excluding hydrogens is 266 g/mol. The number of rotatable bonds is 5. The van der Waals surface area contributed by atoms with Gasteiger partial charge < -0.3 is 15.1 Å². The van der Waals surface area contributed by atoms with Crippen LogP contribution in [0.15, 0.2) is 12.4 Å². The van der Waals surface area contributed by atoms with Crippen molar-refractivity contribution in [1.82, 2.24) is 20.2 Å². The number of aromatic nitrogens is 2. The smallest absolute Gasteiger partial charge is 0.271 e. The minimum Gasteiger partial charge on any atom is -0.353 e. The van der Waals surface area contributed by atoms with E-state index in [2.05, 4.69) is 45.9 Å². The molecule has 0 aliphatic carbocycles. The molecule has 0 spiro atoms. The Morgan fingerprint density at radius 2 is 1.95 bits per heavy atom. The van der Waals surface area contributed by atoms with Gasteiger partial charge in [-0.1, -0.05) is 20.8 Å². The zero-order chi connectivity index (χ0) is 15.2. The fraction of sp³-hybridized carbons (Fsp3) is 0.667. The second-order valence-corrected chi connectivity index (χ2v) is 5.79. The summed E-state index contributed by atoms with van der Waals surface area (Å²) in [6, 6.07) is 0. The molecule has 0 bridgehead atoms. The van der Waals surface area contributed by atoms with E-state index < -0.39 is 0 Å². The number of anilines is 1. The molecule has 1 aliphatic rings. The summed E-state index contributed by atoms with van der Waals surface area (Å²) in [4.78, 5) is 25.1. The predicted molar refractivity (Wildman–Crippen MR) is 83.5 cm³/mol. The van der Waals surface area contributed by atoms with E-state index in [4.69, 9.17) is 0 Å². The van der Waals surface area contributed by atoms with Gasteiger partial charge in [0.25, 0.3) is 5.91 Å². The van der Waals surface area contributed by atoms with Gasteiger partial charge in [0.05, 0.1) is 12.4 Å². The van der Waals surface area contributed by atoms with Crippen molar-refractivity contribution in [2.45, 2.75) is 20.8 Å². The number of nitrogens with one attached hydrogen (secondary N) is 1. The lowest BCUT2D eigenvalue weighted by Gasteiger charge is -2.34. The van der Waals surface area contributed by atoms with Gasteiger partial charge in [-0.15, -0.1) is 0 Å². The third-order valence-electron chi connectivity index (χ3n) is 3.69. The molecule has 1 N–H and O–H groups in total. The number of amides is 1. The average Bonchev–Trinajstić information content (AvgIpc) is 2.53. The van der Waals surface area contributed by atoms with E-state index in [0.29, 0.717) is 18.2 Å². The molecule has 1 amide bonds. The second kappa shape index (κ2) is 7.36. The highest BCUT2D eigenvalue weighted by Gasteiger charge is 2.17. The Kier molecular flexibility index (Phi) is 5.50. The molecule has 0 unspecified atom stereocenters. The van der Waals surface area contributed by atoms with Gasteiger partial charge in [-0.25, -0.2) is 9.97 Å². The Hall–Kier alpha value is -1.69. The lowest BCUT2D eigenvalue weighted by Crippen LogP contribution is -2.46. The maximum atomic E-state index is 11.9. The van der Waals surface area contributed by atoms with Crippen LogP contribution in [-0.2, 0) is 0 Å². The average molecular weight is 291 g/mol. The molecule has 1 fully saturated rings. The molecule has 0 aromatic carbocycles. The molecule has 2 rings (SSSR count). The number of hydrogen-bond donors (Lipinski definition) is 1. The van der Waals surface area contributed by atoms with E-state index in [1.807, 2.05) is 0 Å². The number of carbonyl (C=O) groups is 1. The fourth-order valence-corrected chi connectivity index (χ4v) is 2.28. The number of carbonyl (C=O) groups excluding carboxylic acids is 1. The summed E-state index contributed by atoms with van der Waals surface area (Å²) in [5.74, 6) is 1.13. The van der Waals surface area contributed by atoms with Crippen LogP contribution in [0.3, 0.4) is 0 Å². The zero-order valence-corrected chi connectivity index (χ0v) is 13.2. The molecule has 1 aromatic heterocycles. The molecule has 0 radical (unpaired) electrons. The first-order chi connectivity index (χ1) is 10.1. The van der Waals surface area contributed by atoms with Crippen molar-refractivity contribution in [2.75, 3.05) is 44.2 Å². The summed E-state index contributed by atoms with van der Waals surface area (Å²) in [6.45, 7) is 12.1. The van der Waals surface area contributed by atoms with Gasteiger partial charge in [0.15, 0.2) is 0 Å². The predicted octanol–water partition coefficient (Wildman–Crippen LogP) is 1.00. The summed E-state index contributed by atoms with van der Waals surface area (Å²) in [5, 5.41) is 2.85. The molecule has 116 valence electrons. The minimum absolute atomic E-state index is 0.154. The molecule has 0 saturated carbocycles. The molecule has 1 aromatic rings. The minimum atomic E-state index is -0.154. The summed E-state index contributed by atoms with van der Waals surface area (Å²) >= 11 is 0. The van der Waals surface area contributed by atoms with Crippen LogP contribution in [-0.4, -0.2) is 60.0 Å². The largest absolute Gasteiger partial charge is 0.353 e. The van der Waals surface area contributed by atoms with Gasteiger partial charge in [-0.3, -0.25) is 4.79 Å². The summed E-state index contributed by atoms with van der Waals surface area (Å²) < 4.78 is 0. The van der Waals surface area contributed by atoms with Gasteiger partial charge in [0.2, 0.25) is 0 Å². The van der Waals surface area contributed by atoms with E-state index in [9.17, 15) is 4.79 Å². The molecule has 0 atom stereocenters. The highest BCUT2D eigenvalue weighted by molar-refractivity contribution is 5.91. The second-order valence-electron chi connectivity index (χ2n) is 5.79. The number of hydrogen-bond acceptors (Lipinski definition) is 5. The lowest BCUT2D eigenvalue weighted by atomic mass is 10.2. The molecule has 2 heterocycles. The molecular formula is C15H25N5O. The van der Waals surface area contributed by atoms with Crippen LogP contribution in [0, 0.1) is 5.92 Å². The van der Waals surface area contributed by atoms with E-state index in [1.54, 1.807) is 12.4 Å². The maximum absolute atomic E-state index is 11.9. The van der Waals surface area contributed by atoms with Gasteiger partial charge >= 0.3 is 0 Å². The molecule has 1 aliphatic heterocycles. The Bertz CT molecular complexity index is 452. The van der Waals surface area contributed by atoms with Crippen LogP contribution in [0.1, 0.15) is 31.3 Å². The van der Waals surface area contributed by atoms with Gasteiger partial charge in [-0.05, 0) is 12.5 Å². The molecule has 21 heavy (non-hydrogen) atoms. The first kappa shape index (κ1) is 15.7. The number of likely N-dealkylation sites (N-methyl/N-ethyl adjacent to an activating group) is 1. The van der Waals surface area contributed by atoms with E-state index >= 15 is 0 Å². The third-order valence-corrected chi connectivity index (χ3v) is 3.69. The third kappa shape index (κ3) is 4.39. The molecule has 6 nitrogen and oxygen atoms in total. The summed E-state index contributed by atoms with van der Waals surface area (Å²) in [6.07, 6.45) is 3.27. The van der Waals surface area contributed by atoms with Crippen LogP contribution in [0.5, 0.6) is 0 Å². The van der Waals surface area contributed by atoms with Crippen molar-refractivity contribution < 1.29 is 4.79 Å². The topological polar surface area (TPSA) is 61.4 Å². The highest BCUT2D eigenvalue weighted by atomic mass is 16.1. The molecule has 1 saturated heterocycles. The first-order valence-corrected chi connectivity index (χ1v) is 7.67. The number of piperazine rings is 1. The highest BCUT2D eigenvalue weighted by Crippen LogP contribution is 2.12. The van der Waals surface area contributed by atoms with Crippen molar-refractivity contribution in [3.63, 3.8) is 0 Å². The Morgan fingerprint density at radius 1 is 1.24 bits per heavy atom. The van der Waals surface area contributed by atoms with E-state index in [1.165, 1.54) is 0 Å². The quantitative estimate of drug-likeness (QED) is 0.877. The standard InChI is InChI=1S/C15H25N5O/c1-4-19-5-7-20(8-6-19)14-11-16-13(10-17-14)15(21)18-9-12(2)3/h10-12H,4-9H2,1-3H3,(H,18,21). The Balaban J connectivity index is 1.91. The van der Waals surface area contributed by atoms with Crippen LogP contribution in [0.2, 0.25) is 0 Å². The van der Waals surface area contributed by atoms with Crippen molar-refractivity contribution in [1.29, 1.82) is 0 Å². The zero-order valence-electron chi connectivity index (χ0n) is 13.2. The Morgan fingerprint density at radius 3 is 2.48 bits per heavy atom. The fourth-order valence-electron chi connectivity index (χ4n) is 2.28.